The summed E-state index contributed by atoms with van der Waals surface area (Å²) in [4.78, 5) is 21.8. The van der Waals surface area contributed by atoms with E-state index in [4.69, 9.17) is 0 Å². The Kier molecular flexibility index (Phi) is 12.3. The predicted octanol–water partition coefficient (Wildman–Crippen LogP) is 3.90. The van der Waals surface area contributed by atoms with E-state index in [1.165, 1.54) is 6.92 Å². The lowest BCUT2D eigenvalue weighted by molar-refractivity contribution is -0.116. The molecule has 1 aromatic rings. The van der Waals surface area contributed by atoms with Crippen molar-refractivity contribution in [3.8, 4) is 0 Å². The van der Waals surface area contributed by atoms with Crippen LogP contribution in [0.1, 0.15) is 51.4 Å². The van der Waals surface area contributed by atoms with E-state index in [1.807, 2.05) is 33.8 Å². The second-order valence-electron chi connectivity index (χ2n) is 2.67. The summed E-state index contributed by atoms with van der Waals surface area (Å²) in [6.07, 6.45) is 0.00398. The van der Waals surface area contributed by atoms with E-state index in [0.717, 1.165) is 0 Å². The molecule has 0 saturated heterocycles. The van der Waals surface area contributed by atoms with Crippen molar-refractivity contribution in [1.29, 1.82) is 0 Å². The van der Waals surface area contributed by atoms with E-state index in [0.29, 0.717) is 5.56 Å². The summed E-state index contributed by atoms with van der Waals surface area (Å²) in [6.45, 7) is 9.42. The summed E-state index contributed by atoms with van der Waals surface area (Å²) in [5.41, 5.74) is 0.604. The highest BCUT2D eigenvalue weighted by Gasteiger charge is 2.06. The number of hydrogen-bond acceptors (Lipinski definition) is 2. The molecule has 0 radical (unpaired) electrons. The van der Waals surface area contributed by atoms with Crippen LogP contribution in [0.5, 0.6) is 0 Å². The van der Waals surface area contributed by atoms with E-state index < -0.39 is 0 Å². The van der Waals surface area contributed by atoms with Gasteiger partial charge >= 0.3 is 0 Å². The molecule has 0 heterocycles. The van der Waals surface area contributed by atoms with Gasteiger partial charge in [-0.2, -0.15) is 0 Å². The summed E-state index contributed by atoms with van der Waals surface area (Å²) >= 11 is 0. The molecule has 0 saturated carbocycles. The molecule has 0 N–H and O–H groups in total. The highest BCUT2D eigenvalue weighted by atomic mass is 16.1. The van der Waals surface area contributed by atoms with Crippen LogP contribution in [0.2, 0.25) is 0 Å². The minimum atomic E-state index is -0.108. The Bertz CT molecular complexity index is 289. The van der Waals surface area contributed by atoms with Gasteiger partial charge < -0.3 is 0 Å². The molecule has 0 aliphatic carbocycles. The number of hydrogen-bond donors (Lipinski definition) is 0. The monoisotopic (exact) mass is 222 g/mol. The van der Waals surface area contributed by atoms with E-state index in [1.54, 1.807) is 24.3 Å². The van der Waals surface area contributed by atoms with Crippen molar-refractivity contribution < 1.29 is 9.59 Å². The minimum absolute atomic E-state index is 0.00398. The standard InChI is InChI=1S/C10H10O2.2C2H6/c1-8(11)7-10(12)9-5-3-2-4-6-9;2*1-2/h2-6H,7H2,1H3;2*1-2H3. The molecule has 2 nitrogen and oxygen atoms in total. The molecule has 1 rings (SSSR count). The van der Waals surface area contributed by atoms with Crippen molar-refractivity contribution in [1.82, 2.24) is 0 Å². The van der Waals surface area contributed by atoms with Gasteiger partial charge in [0.25, 0.3) is 0 Å². The lowest BCUT2D eigenvalue weighted by Gasteiger charge is -1.95. The molecule has 0 bridgehead atoms. The normalized spacial score (nSPS) is 7.81. The minimum Gasteiger partial charge on any atom is -0.300 e. The fraction of sp³-hybridized carbons (Fsp3) is 0.429. The Morgan fingerprint density at radius 1 is 0.938 bits per heavy atom. The van der Waals surface area contributed by atoms with Crippen molar-refractivity contribution in [2.24, 2.45) is 0 Å². The van der Waals surface area contributed by atoms with Crippen molar-refractivity contribution in [2.45, 2.75) is 41.0 Å². The van der Waals surface area contributed by atoms with Gasteiger partial charge in [0.2, 0.25) is 0 Å². The molecule has 1 aromatic carbocycles. The van der Waals surface area contributed by atoms with Crippen LogP contribution in [0.15, 0.2) is 30.3 Å². The van der Waals surface area contributed by atoms with Crippen LogP contribution in [0, 0.1) is 0 Å². The molecule has 0 atom stereocenters. The average molecular weight is 222 g/mol. The quantitative estimate of drug-likeness (QED) is 0.574. The molecule has 0 aliphatic rings. The van der Waals surface area contributed by atoms with E-state index in [-0.39, 0.29) is 18.0 Å². The molecular weight excluding hydrogens is 200 g/mol. The Balaban J connectivity index is 0. The van der Waals surface area contributed by atoms with Gasteiger partial charge in [0.15, 0.2) is 5.78 Å². The van der Waals surface area contributed by atoms with E-state index in [9.17, 15) is 9.59 Å². The second kappa shape index (κ2) is 11.6. The van der Waals surface area contributed by atoms with Crippen LogP contribution in [0.4, 0.5) is 0 Å². The molecule has 2 heteroatoms. The van der Waals surface area contributed by atoms with Crippen molar-refractivity contribution in [3.05, 3.63) is 35.9 Å². The third kappa shape index (κ3) is 7.92. The summed E-state index contributed by atoms with van der Waals surface area (Å²) in [7, 11) is 0. The third-order valence-corrected chi connectivity index (χ3v) is 1.51. The Morgan fingerprint density at radius 3 is 1.75 bits per heavy atom. The summed E-state index contributed by atoms with van der Waals surface area (Å²) in [5.74, 6) is -0.202. The number of carbonyl (C=O) groups excluding carboxylic acids is 2. The molecule has 0 aliphatic heterocycles. The van der Waals surface area contributed by atoms with Crippen LogP contribution >= 0.6 is 0 Å². The maximum atomic E-state index is 11.2. The highest BCUT2D eigenvalue weighted by molar-refractivity contribution is 6.07. The number of ketones is 2. The van der Waals surface area contributed by atoms with Crippen LogP contribution in [0.25, 0.3) is 0 Å². The fourth-order valence-electron chi connectivity index (χ4n) is 0.952. The molecule has 90 valence electrons. The maximum Gasteiger partial charge on any atom is 0.170 e. The van der Waals surface area contributed by atoms with Gasteiger partial charge in [-0.1, -0.05) is 58.0 Å². The van der Waals surface area contributed by atoms with Crippen LogP contribution < -0.4 is 0 Å². The number of benzene rings is 1. The fourth-order valence-corrected chi connectivity index (χ4v) is 0.952. The highest BCUT2D eigenvalue weighted by Crippen LogP contribution is 2.02. The molecule has 0 unspecified atom stereocenters. The van der Waals surface area contributed by atoms with Gasteiger partial charge in [-0.15, -0.1) is 0 Å². The molecular formula is C14H22O2. The first-order valence-electron chi connectivity index (χ1n) is 5.78. The predicted molar refractivity (Wildman–Crippen MR) is 68.8 cm³/mol. The average Bonchev–Trinajstić information content (AvgIpc) is 2.34. The van der Waals surface area contributed by atoms with Gasteiger partial charge in [0.05, 0.1) is 6.42 Å². The lowest BCUT2D eigenvalue weighted by atomic mass is 10.1. The number of Topliss-reactive ketones (excluding diaryl/α,β-unsaturated/α-hetero) is 2. The smallest absolute Gasteiger partial charge is 0.170 e. The zero-order valence-electron chi connectivity index (χ0n) is 10.9. The Hall–Kier alpha value is -1.44. The largest absolute Gasteiger partial charge is 0.300 e. The summed E-state index contributed by atoms with van der Waals surface area (Å²) in [6, 6.07) is 8.84. The lowest BCUT2D eigenvalue weighted by Crippen LogP contribution is -2.04. The number of carbonyl (C=O) groups is 2. The first-order valence-corrected chi connectivity index (χ1v) is 5.78. The van der Waals surface area contributed by atoms with Crippen molar-refractivity contribution in [3.63, 3.8) is 0 Å². The first kappa shape index (κ1) is 17.0. The SMILES string of the molecule is CC.CC.CC(=O)CC(=O)c1ccccc1. The Labute approximate surface area is 98.7 Å². The zero-order valence-corrected chi connectivity index (χ0v) is 10.9. The zero-order chi connectivity index (χ0) is 13.0. The molecule has 0 spiro atoms. The van der Waals surface area contributed by atoms with Gasteiger partial charge in [-0.05, 0) is 6.92 Å². The third-order valence-electron chi connectivity index (χ3n) is 1.51. The second-order valence-corrected chi connectivity index (χ2v) is 2.67. The summed E-state index contributed by atoms with van der Waals surface area (Å²) in [5, 5.41) is 0. The number of rotatable bonds is 3. The van der Waals surface area contributed by atoms with Crippen molar-refractivity contribution >= 4 is 11.6 Å². The molecule has 0 fully saturated rings. The van der Waals surface area contributed by atoms with Crippen LogP contribution in [0.3, 0.4) is 0 Å². The van der Waals surface area contributed by atoms with Crippen molar-refractivity contribution in [2.75, 3.05) is 0 Å². The van der Waals surface area contributed by atoms with Gasteiger partial charge in [-0.3, -0.25) is 9.59 Å². The molecule has 0 aromatic heterocycles. The topological polar surface area (TPSA) is 34.1 Å². The van der Waals surface area contributed by atoms with Crippen LogP contribution in [-0.2, 0) is 4.79 Å². The van der Waals surface area contributed by atoms with Crippen LogP contribution in [-0.4, -0.2) is 11.6 Å². The summed E-state index contributed by atoms with van der Waals surface area (Å²) < 4.78 is 0. The maximum absolute atomic E-state index is 11.2. The molecule has 0 amide bonds. The van der Waals surface area contributed by atoms with E-state index in [2.05, 4.69) is 0 Å². The molecule has 16 heavy (non-hydrogen) atoms. The van der Waals surface area contributed by atoms with Gasteiger partial charge in [0.1, 0.15) is 5.78 Å². The van der Waals surface area contributed by atoms with Gasteiger partial charge in [-0.25, -0.2) is 0 Å². The van der Waals surface area contributed by atoms with Gasteiger partial charge in [0, 0.05) is 5.56 Å². The Morgan fingerprint density at radius 2 is 1.38 bits per heavy atom. The first-order chi connectivity index (χ1) is 7.70. The van der Waals surface area contributed by atoms with E-state index >= 15 is 0 Å².